The molecule has 2 aliphatic rings. The van der Waals surface area contributed by atoms with E-state index < -0.39 is 102 Å². The molecule has 10 aromatic rings. The number of benzene rings is 6. The molecule has 137 heavy (non-hydrogen) atoms. The van der Waals surface area contributed by atoms with E-state index in [2.05, 4.69) is 43.2 Å². The standard InChI is InChI=1S/C30H36FNO5S2.C25H25FN2O3S.C22H26BFO5S.C14H22BrNO2S.C11H15BrN2O2S/c1-7-21(18-38(35)30(3,4)5)25-16-28(33)32(6)17-27(25)26-15-20(19-39(36,37)8-2)9-14-24(26)29(34)22-10-12-23(31)13-11-22;1-4-23-21-13-24(29)28(3)14-22(21)20-12-16(15-32(30,31)5-2)6-11-19(20)25(27-23)17-7-9-18(26)10-8-17;1-6-30(26,27)14-15-7-12-18(20(25)16-8-10-17(24)11-9-16)19(13-15)23-28-21(2,3)22(4,5)29-23;1-6-10(9-19(18)14(2,3)4)11-7-13(17)16(5)8-12(11)15;1-11(2,3)17(16)13-6-8-5-10(15)14(4)7-9(8)12/h9-17,21H,7-8,18-19H2,1-6H3;6-14,23H,4-5,15H2,1-3H3;7-13H,6,14H2,1-5H3;7-8,10H,6,9H2,1-5H3;5-7H,1-4H3/t21-,38-;23-;;10?,19-;17-/m10.10/s1. The third-order valence-electron chi connectivity index (χ3n) is 23.6. The smallest absolute Gasteiger partial charge is 0.399 e. The number of ketones is 2. The number of aromatic nitrogens is 4. The highest BCUT2D eigenvalue weighted by Gasteiger charge is 2.53. The number of halogens is 5. The molecule has 4 aromatic heterocycles. The first-order chi connectivity index (χ1) is 63.6. The van der Waals surface area contributed by atoms with Crippen molar-refractivity contribution in [3.05, 3.63) is 317 Å². The second kappa shape index (κ2) is 46.9. The molecule has 0 radical (unpaired) electrons. The first kappa shape index (κ1) is 113. The van der Waals surface area contributed by atoms with Gasteiger partial charge in [0.1, 0.15) is 28.4 Å². The van der Waals surface area contributed by atoms with Gasteiger partial charge in [-0.3, -0.25) is 42.2 Å². The zero-order chi connectivity index (χ0) is 102. The average molecular weight is 2130 g/mol. The number of aliphatic imine (C=N–C) groups is 1. The molecule has 738 valence electrons. The van der Waals surface area contributed by atoms with Gasteiger partial charge in [0.15, 0.2) is 41.1 Å². The van der Waals surface area contributed by atoms with E-state index in [1.165, 1.54) is 92.7 Å². The van der Waals surface area contributed by atoms with E-state index in [4.69, 9.17) is 14.3 Å². The maximum Gasteiger partial charge on any atom is 0.495 e. The molecule has 0 bridgehead atoms. The Bertz CT molecular complexity index is 6870. The lowest BCUT2D eigenvalue weighted by molar-refractivity contribution is 0.00578. The van der Waals surface area contributed by atoms with Crippen LogP contribution in [0.2, 0.25) is 0 Å². The van der Waals surface area contributed by atoms with Crippen molar-refractivity contribution in [3.8, 4) is 22.3 Å². The summed E-state index contributed by atoms with van der Waals surface area (Å²) in [5, 5.41) is 0. The minimum absolute atomic E-state index is 0.0229. The van der Waals surface area contributed by atoms with Crippen LogP contribution in [-0.2, 0) is 117 Å². The molecule has 23 nitrogen and oxygen atoms in total. The lowest BCUT2D eigenvalue weighted by Crippen LogP contribution is -2.41. The fourth-order valence-corrected chi connectivity index (χ4v) is 21.3. The Hall–Kier alpha value is -9.17. The molecule has 35 heteroatoms. The van der Waals surface area contributed by atoms with Crippen LogP contribution in [0.5, 0.6) is 0 Å². The summed E-state index contributed by atoms with van der Waals surface area (Å²) in [6, 6.07) is 38.0. The molecule has 6 atom stereocenters. The lowest BCUT2D eigenvalue weighted by Gasteiger charge is -2.32. The summed E-state index contributed by atoms with van der Waals surface area (Å²) in [6.45, 7) is 35.6. The number of carbonyl (C=O) groups excluding carboxylic acids is 2. The number of nitrogens with zero attached hydrogens (tertiary/aromatic N) is 6. The zero-order valence-electron chi connectivity index (χ0n) is 81.9. The number of hydrogen-bond acceptors (Lipinski definition) is 18. The summed E-state index contributed by atoms with van der Waals surface area (Å²) in [6.07, 6.45) is 10.5. The van der Waals surface area contributed by atoms with Gasteiger partial charge in [-0.25, -0.2) is 42.6 Å². The van der Waals surface area contributed by atoms with Crippen molar-refractivity contribution in [2.24, 2.45) is 37.6 Å². The van der Waals surface area contributed by atoms with Crippen molar-refractivity contribution >= 4 is 130 Å². The summed E-state index contributed by atoms with van der Waals surface area (Å²) in [4.78, 5) is 80.3. The lowest BCUT2D eigenvalue weighted by atomic mass is 9.73. The number of pyridine rings is 4. The summed E-state index contributed by atoms with van der Waals surface area (Å²) < 4.78 is 174. The van der Waals surface area contributed by atoms with Crippen LogP contribution in [0.3, 0.4) is 0 Å². The molecule has 1 fully saturated rings. The van der Waals surface area contributed by atoms with Crippen LogP contribution < -0.4 is 27.7 Å². The highest BCUT2D eigenvalue weighted by molar-refractivity contribution is 9.10. The van der Waals surface area contributed by atoms with E-state index in [9.17, 15) is 79.8 Å². The Balaban J connectivity index is 0.000000217. The van der Waals surface area contributed by atoms with Gasteiger partial charge in [0.05, 0.1) is 45.0 Å². The van der Waals surface area contributed by atoms with Crippen LogP contribution in [0.4, 0.5) is 13.2 Å². The van der Waals surface area contributed by atoms with Crippen LogP contribution in [0, 0.1) is 17.5 Å². The van der Waals surface area contributed by atoms with Crippen LogP contribution in [0.25, 0.3) is 22.3 Å². The van der Waals surface area contributed by atoms with Gasteiger partial charge in [-0.2, -0.15) is 4.40 Å². The Morgan fingerprint density at radius 1 is 0.474 bits per heavy atom. The van der Waals surface area contributed by atoms with E-state index in [-0.39, 0.29) is 102 Å². The first-order valence-corrected chi connectivity index (χ1v) is 55.6. The summed E-state index contributed by atoms with van der Waals surface area (Å²) in [7, 11) is -7.40. The third kappa shape index (κ3) is 30.2. The number of rotatable bonds is 27. The van der Waals surface area contributed by atoms with Gasteiger partial charge in [-0.15, -0.1) is 0 Å². The van der Waals surface area contributed by atoms with Crippen molar-refractivity contribution in [1.82, 2.24) is 18.3 Å². The molecule has 0 amide bonds. The largest absolute Gasteiger partial charge is 0.495 e. The minimum Gasteiger partial charge on any atom is -0.399 e. The van der Waals surface area contributed by atoms with Gasteiger partial charge >= 0.3 is 7.12 Å². The molecule has 0 N–H and O–H groups in total. The molecule has 12 rings (SSSR count). The van der Waals surface area contributed by atoms with Gasteiger partial charge in [0.25, 0.3) is 22.2 Å². The Morgan fingerprint density at radius 2 is 0.861 bits per heavy atom. The van der Waals surface area contributed by atoms with E-state index in [0.717, 1.165) is 48.7 Å². The zero-order valence-corrected chi connectivity index (χ0v) is 89.9. The highest BCUT2D eigenvalue weighted by Crippen LogP contribution is 2.42. The van der Waals surface area contributed by atoms with E-state index in [1.54, 1.807) is 145 Å². The molecule has 6 aromatic carbocycles. The van der Waals surface area contributed by atoms with Gasteiger partial charge in [-0.05, 0) is 288 Å². The Labute approximate surface area is 828 Å². The van der Waals surface area contributed by atoms with Gasteiger partial charge in [0.2, 0.25) is 0 Å². The molecular formula is C102H124BBr2F3N6O17S6. The molecule has 2 aliphatic heterocycles. The number of sulfone groups is 3. The molecule has 1 saturated heterocycles. The number of fused-ring (bicyclic) bond motifs is 3. The van der Waals surface area contributed by atoms with Crippen LogP contribution in [-0.4, -0.2) is 141 Å². The van der Waals surface area contributed by atoms with Gasteiger partial charge < -0.3 is 27.6 Å². The van der Waals surface area contributed by atoms with Crippen molar-refractivity contribution in [2.45, 2.75) is 211 Å². The van der Waals surface area contributed by atoms with Crippen LogP contribution in [0.15, 0.2) is 214 Å². The Morgan fingerprint density at radius 3 is 1.31 bits per heavy atom. The SMILES string of the molecule is CCC(C[S@@](=O)C(C)(C)C)c1cc(=O)n(C)cc1Br.CCS(=O)(=O)Cc1ccc(C(=O)c2ccc(F)cc2)c(B2OC(C)(C)C(C)(C)O2)c1.CC[C@@H]1N=C(c2ccc(F)cc2)c2ccc(CS(=O)(=O)CC)cc2-c2cn(C)c(=O)cc21.CC[C@H](C[S@@](=O)C(C)(C)C)c1cc(=O)n(C)cc1-c1cc(CS(=O)(=O)CC)ccc1C(=O)c1ccc(F)cc1.Cn1cc(Br)c(C=N[S@@](=O)C(C)(C)C)cc1=O. The predicted molar refractivity (Wildman–Crippen MR) is 556 cm³/mol. The summed E-state index contributed by atoms with van der Waals surface area (Å²) in [5.74, 6) is -1.43. The van der Waals surface area contributed by atoms with E-state index >= 15 is 0 Å². The minimum atomic E-state index is -3.36. The quantitative estimate of drug-likeness (QED) is 0.0262. The topological polar surface area (TPSA) is 319 Å². The Kier molecular flexibility index (Phi) is 38.8. The molecule has 1 unspecified atom stereocenters. The summed E-state index contributed by atoms with van der Waals surface area (Å²) >= 11 is 6.84. The van der Waals surface area contributed by atoms with Crippen molar-refractivity contribution < 1.29 is 69.9 Å². The number of aryl methyl sites for hydroxylation is 4. The fraction of sp³-hybridized carbons (Fsp3) is 0.412. The van der Waals surface area contributed by atoms with Crippen molar-refractivity contribution in [2.75, 3.05) is 28.8 Å². The number of hydrogen-bond donors (Lipinski definition) is 0. The third-order valence-corrected chi connectivity index (χ3v) is 35.4. The van der Waals surface area contributed by atoms with E-state index in [0.29, 0.717) is 91.2 Å². The summed E-state index contributed by atoms with van der Waals surface area (Å²) in [5.41, 5.74) is 9.72. The maximum absolute atomic E-state index is 13.7. The molecule has 0 spiro atoms. The second-order valence-electron chi connectivity index (χ2n) is 37.7. The van der Waals surface area contributed by atoms with Crippen molar-refractivity contribution in [1.29, 1.82) is 0 Å². The van der Waals surface area contributed by atoms with Crippen LogP contribution in [0.1, 0.15) is 251 Å². The van der Waals surface area contributed by atoms with Gasteiger partial charge in [0, 0.05) is 202 Å². The second-order valence-corrected chi connectivity index (χ2v) is 52.9. The molecule has 0 aliphatic carbocycles. The highest BCUT2D eigenvalue weighted by atomic mass is 79.9. The molecule has 6 heterocycles. The number of carbonyl (C=O) groups is 2. The average Bonchev–Trinajstić information content (AvgIpc) is 1.71. The molecular weight excluding hydrogens is 2000 g/mol. The van der Waals surface area contributed by atoms with Gasteiger partial charge in [-0.1, -0.05) is 84.0 Å². The van der Waals surface area contributed by atoms with Crippen molar-refractivity contribution in [3.63, 3.8) is 0 Å². The maximum atomic E-state index is 13.7. The monoisotopic (exact) mass is 2120 g/mol. The molecule has 0 saturated carbocycles. The normalized spacial score (nSPS) is 15.3. The van der Waals surface area contributed by atoms with E-state index in [1.807, 2.05) is 116 Å². The first-order valence-electron chi connectivity index (χ1n) is 44.8. The van der Waals surface area contributed by atoms with Crippen LogP contribution >= 0.6 is 31.9 Å². The predicted octanol–water partition coefficient (Wildman–Crippen LogP) is 18.3. The fourth-order valence-electron chi connectivity index (χ4n) is 14.3.